The van der Waals surface area contributed by atoms with Gasteiger partial charge in [0.05, 0.1) is 11.3 Å². The highest BCUT2D eigenvalue weighted by atomic mass is 32.2. The minimum Gasteiger partial charge on any atom is -0.337 e. The number of amides is 3. The van der Waals surface area contributed by atoms with Crippen molar-refractivity contribution in [3.63, 3.8) is 0 Å². The molecule has 0 aliphatic heterocycles. The second kappa shape index (κ2) is 9.33. The molecule has 3 rings (SSSR count). The molecule has 0 spiro atoms. The normalized spacial score (nSPS) is 13.9. The SMILES string of the molecule is O=C(CSc1ncnc2ccccc12)NC(=O)NCCC1=CCCCC1. The maximum atomic E-state index is 12.0. The number of hydrogen-bond acceptors (Lipinski definition) is 5. The summed E-state index contributed by atoms with van der Waals surface area (Å²) < 4.78 is 0. The van der Waals surface area contributed by atoms with Gasteiger partial charge in [-0.3, -0.25) is 10.1 Å². The minimum atomic E-state index is -0.445. The van der Waals surface area contributed by atoms with Crippen molar-refractivity contribution in [1.82, 2.24) is 20.6 Å². The first kappa shape index (κ1) is 18.4. The lowest BCUT2D eigenvalue weighted by atomic mass is 9.97. The Labute approximate surface area is 156 Å². The van der Waals surface area contributed by atoms with Crippen molar-refractivity contribution in [2.45, 2.75) is 37.1 Å². The highest BCUT2D eigenvalue weighted by Gasteiger charge is 2.11. The Bertz CT molecular complexity index is 817. The molecule has 0 atom stereocenters. The third-order valence-electron chi connectivity index (χ3n) is 4.22. The summed E-state index contributed by atoms with van der Waals surface area (Å²) in [5.41, 5.74) is 2.23. The molecule has 0 radical (unpaired) electrons. The molecule has 0 saturated carbocycles. The zero-order chi connectivity index (χ0) is 18.2. The molecule has 136 valence electrons. The van der Waals surface area contributed by atoms with Crippen molar-refractivity contribution in [2.75, 3.05) is 12.3 Å². The standard InChI is InChI=1S/C19H22N4O2S/c24-17(23-19(25)20-11-10-14-6-2-1-3-7-14)12-26-18-15-8-4-5-9-16(15)21-13-22-18/h4-6,8-9,13H,1-3,7,10-12H2,(H2,20,23,24,25). The van der Waals surface area contributed by atoms with Gasteiger partial charge < -0.3 is 5.32 Å². The summed E-state index contributed by atoms with van der Waals surface area (Å²) in [7, 11) is 0. The molecule has 2 N–H and O–H groups in total. The molecule has 1 aliphatic rings. The van der Waals surface area contributed by atoms with Crippen LogP contribution in [-0.4, -0.2) is 34.2 Å². The summed E-state index contributed by atoms with van der Waals surface area (Å²) in [6.45, 7) is 0.550. The van der Waals surface area contributed by atoms with E-state index in [9.17, 15) is 9.59 Å². The maximum absolute atomic E-state index is 12.0. The predicted molar refractivity (Wildman–Crippen MR) is 103 cm³/mol. The Hall–Kier alpha value is -2.41. The second-order valence-electron chi connectivity index (χ2n) is 6.15. The highest BCUT2D eigenvalue weighted by Crippen LogP contribution is 2.23. The molecule has 2 aromatic rings. The lowest BCUT2D eigenvalue weighted by Crippen LogP contribution is -2.40. The Morgan fingerprint density at radius 1 is 1.15 bits per heavy atom. The van der Waals surface area contributed by atoms with Crippen LogP contribution in [0.4, 0.5) is 4.79 Å². The maximum Gasteiger partial charge on any atom is 0.321 e. The van der Waals surface area contributed by atoms with Crippen LogP contribution in [0.15, 0.2) is 47.3 Å². The van der Waals surface area contributed by atoms with E-state index in [-0.39, 0.29) is 11.7 Å². The number of hydrogen-bond donors (Lipinski definition) is 2. The van der Waals surface area contributed by atoms with E-state index in [0.717, 1.165) is 35.2 Å². The summed E-state index contributed by atoms with van der Waals surface area (Å²) in [5, 5.41) is 6.74. The quantitative estimate of drug-likeness (QED) is 0.462. The van der Waals surface area contributed by atoms with Crippen molar-refractivity contribution in [3.8, 4) is 0 Å². The molecule has 6 nitrogen and oxygen atoms in total. The van der Waals surface area contributed by atoms with Crippen LogP contribution >= 0.6 is 11.8 Å². The van der Waals surface area contributed by atoms with E-state index in [1.54, 1.807) is 0 Å². The number of carbonyl (C=O) groups is 2. The smallest absolute Gasteiger partial charge is 0.321 e. The van der Waals surface area contributed by atoms with Gasteiger partial charge in [0, 0.05) is 11.9 Å². The van der Waals surface area contributed by atoms with Crippen molar-refractivity contribution in [1.29, 1.82) is 0 Å². The van der Waals surface area contributed by atoms with Crippen LogP contribution in [0.25, 0.3) is 10.9 Å². The van der Waals surface area contributed by atoms with E-state index in [1.165, 1.54) is 36.5 Å². The largest absolute Gasteiger partial charge is 0.337 e. The third-order valence-corrected chi connectivity index (χ3v) is 5.22. The van der Waals surface area contributed by atoms with E-state index < -0.39 is 6.03 Å². The van der Waals surface area contributed by atoms with Crippen LogP contribution in [0.5, 0.6) is 0 Å². The van der Waals surface area contributed by atoms with Gasteiger partial charge in [0.25, 0.3) is 0 Å². The van der Waals surface area contributed by atoms with E-state index in [2.05, 4.69) is 26.7 Å². The van der Waals surface area contributed by atoms with Crippen LogP contribution in [0.1, 0.15) is 32.1 Å². The number of rotatable bonds is 6. The summed E-state index contributed by atoms with van der Waals surface area (Å²) in [6, 6.07) is 7.19. The van der Waals surface area contributed by atoms with Crippen LogP contribution in [0.3, 0.4) is 0 Å². The molecular weight excluding hydrogens is 348 g/mol. The number of aromatic nitrogens is 2. The molecule has 1 heterocycles. The molecule has 7 heteroatoms. The minimum absolute atomic E-state index is 0.125. The summed E-state index contributed by atoms with van der Waals surface area (Å²) in [4.78, 5) is 32.2. The average molecular weight is 370 g/mol. The summed E-state index contributed by atoms with van der Waals surface area (Å²) >= 11 is 1.29. The number of benzene rings is 1. The fourth-order valence-corrected chi connectivity index (χ4v) is 3.69. The lowest BCUT2D eigenvalue weighted by molar-refractivity contribution is -0.117. The Kier molecular flexibility index (Phi) is 6.60. The van der Waals surface area contributed by atoms with Gasteiger partial charge in [0.2, 0.25) is 5.91 Å². The first-order valence-corrected chi connectivity index (χ1v) is 9.79. The third kappa shape index (κ3) is 5.29. The number of carbonyl (C=O) groups excluding carboxylic acids is 2. The molecule has 26 heavy (non-hydrogen) atoms. The Balaban J connectivity index is 1.42. The number of para-hydroxylation sites is 1. The summed E-state index contributed by atoms with van der Waals surface area (Å²) in [5.74, 6) is -0.216. The van der Waals surface area contributed by atoms with Gasteiger partial charge in [-0.1, -0.05) is 41.6 Å². The van der Waals surface area contributed by atoms with Crippen molar-refractivity contribution in [2.24, 2.45) is 0 Å². The fraction of sp³-hybridized carbons (Fsp3) is 0.368. The molecule has 1 aromatic carbocycles. The van der Waals surface area contributed by atoms with Gasteiger partial charge in [-0.15, -0.1) is 0 Å². The second-order valence-corrected chi connectivity index (χ2v) is 7.11. The number of nitrogens with one attached hydrogen (secondary N) is 2. The molecule has 0 unspecified atom stereocenters. The first-order valence-electron chi connectivity index (χ1n) is 8.80. The molecule has 0 fully saturated rings. The number of urea groups is 1. The zero-order valence-corrected chi connectivity index (χ0v) is 15.3. The highest BCUT2D eigenvalue weighted by molar-refractivity contribution is 8.00. The van der Waals surface area contributed by atoms with E-state index in [0.29, 0.717) is 6.54 Å². The van der Waals surface area contributed by atoms with Gasteiger partial charge in [0.15, 0.2) is 0 Å². The Morgan fingerprint density at radius 3 is 2.88 bits per heavy atom. The van der Waals surface area contributed by atoms with Gasteiger partial charge in [-0.05, 0) is 38.2 Å². The number of allylic oxidation sites excluding steroid dienone is 1. The molecule has 0 saturated heterocycles. The van der Waals surface area contributed by atoms with Crippen LogP contribution in [0, 0.1) is 0 Å². The van der Waals surface area contributed by atoms with Gasteiger partial charge >= 0.3 is 6.03 Å². The number of thioether (sulfide) groups is 1. The van der Waals surface area contributed by atoms with Crippen molar-refractivity contribution in [3.05, 3.63) is 42.2 Å². The molecule has 1 aliphatic carbocycles. The monoisotopic (exact) mass is 370 g/mol. The van der Waals surface area contributed by atoms with E-state index in [4.69, 9.17) is 0 Å². The van der Waals surface area contributed by atoms with Gasteiger partial charge in [-0.2, -0.15) is 0 Å². The average Bonchev–Trinajstić information content (AvgIpc) is 2.67. The van der Waals surface area contributed by atoms with E-state index >= 15 is 0 Å². The lowest BCUT2D eigenvalue weighted by Gasteiger charge is -2.13. The zero-order valence-electron chi connectivity index (χ0n) is 14.5. The molecule has 3 amide bonds. The van der Waals surface area contributed by atoms with Gasteiger partial charge in [-0.25, -0.2) is 14.8 Å². The number of imide groups is 1. The molecule has 0 bridgehead atoms. The molecular formula is C19H22N4O2S. The van der Waals surface area contributed by atoms with Crippen molar-refractivity contribution < 1.29 is 9.59 Å². The molecule has 1 aromatic heterocycles. The fourth-order valence-electron chi connectivity index (χ4n) is 2.90. The van der Waals surface area contributed by atoms with Crippen LogP contribution in [0.2, 0.25) is 0 Å². The van der Waals surface area contributed by atoms with Crippen LogP contribution < -0.4 is 10.6 Å². The van der Waals surface area contributed by atoms with Gasteiger partial charge in [0.1, 0.15) is 11.4 Å². The topological polar surface area (TPSA) is 84.0 Å². The van der Waals surface area contributed by atoms with Crippen molar-refractivity contribution >= 4 is 34.6 Å². The summed E-state index contributed by atoms with van der Waals surface area (Å²) in [6.07, 6.45) is 9.33. The van der Waals surface area contributed by atoms with Crippen LogP contribution in [-0.2, 0) is 4.79 Å². The number of nitrogens with zero attached hydrogens (tertiary/aromatic N) is 2. The first-order chi connectivity index (χ1) is 12.7. The van der Waals surface area contributed by atoms with E-state index in [1.807, 2.05) is 24.3 Å². The number of fused-ring (bicyclic) bond motifs is 1. The Morgan fingerprint density at radius 2 is 2.04 bits per heavy atom. The predicted octanol–water partition coefficient (Wildman–Crippen LogP) is 3.44.